The zero-order chi connectivity index (χ0) is 14.5. The number of alkyl carbamates (subject to hydrolysis) is 2. The van der Waals surface area contributed by atoms with Crippen molar-refractivity contribution in [1.29, 1.82) is 0 Å². The fourth-order valence-electron chi connectivity index (χ4n) is 0.829. The van der Waals surface area contributed by atoms with Gasteiger partial charge in [0.2, 0.25) is 0 Å². The number of hydrogen-bond acceptors (Lipinski definition) is 5. The van der Waals surface area contributed by atoms with E-state index in [1.165, 1.54) is 0 Å². The van der Waals surface area contributed by atoms with Gasteiger partial charge in [-0.2, -0.15) is 0 Å². The van der Waals surface area contributed by atoms with Crippen LogP contribution in [0.25, 0.3) is 0 Å². The summed E-state index contributed by atoms with van der Waals surface area (Å²) in [5, 5.41) is 3.52. The number of amides is 4. The lowest BCUT2D eigenvalue weighted by atomic mass is 10.7. The van der Waals surface area contributed by atoms with Crippen LogP contribution in [0.4, 0.5) is 14.4 Å². The number of imide groups is 2. The molecule has 106 valence electrons. The third kappa shape index (κ3) is 10.4. The minimum Gasteiger partial charge on any atom is -0.450 e. The Hall–Kier alpha value is -2.51. The smallest absolute Gasteiger partial charge is 0.415 e. The molecule has 0 aliphatic heterocycles. The maximum Gasteiger partial charge on any atom is 0.415 e. The molecule has 0 bridgehead atoms. The van der Waals surface area contributed by atoms with E-state index in [-0.39, 0.29) is 13.2 Å². The summed E-state index contributed by atoms with van der Waals surface area (Å²) in [6.07, 6.45) is 1.91. The summed E-state index contributed by atoms with van der Waals surface area (Å²) in [6, 6.07) is 2.90. The SMILES string of the molecule is CCOC(=O)NC(=O)NC(=O)OCC.c1cc[nH]c1. The maximum absolute atomic E-state index is 10.8. The number of urea groups is 1. The van der Waals surface area contributed by atoms with Crippen molar-refractivity contribution in [3.8, 4) is 0 Å². The molecule has 3 N–H and O–H groups in total. The molecule has 8 heteroatoms. The lowest BCUT2D eigenvalue weighted by molar-refractivity contribution is 0.146. The van der Waals surface area contributed by atoms with Crippen molar-refractivity contribution in [3.05, 3.63) is 24.5 Å². The molecular weight excluding hydrogens is 254 g/mol. The van der Waals surface area contributed by atoms with Crippen molar-refractivity contribution in [2.24, 2.45) is 0 Å². The summed E-state index contributed by atoms with van der Waals surface area (Å²) < 4.78 is 8.78. The van der Waals surface area contributed by atoms with E-state index in [0.29, 0.717) is 0 Å². The van der Waals surface area contributed by atoms with Gasteiger partial charge in [-0.05, 0) is 26.0 Å². The van der Waals surface area contributed by atoms with Crippen LogP contribution in [-0.4, -0.2) is 36.4 Å². The molecule has 19 heavy (non-hydrogen) atoms. The van der Waals surface area contributed by atoms with Gasteiger partial charge in [0, 0.05) is 12.4 Å². The standard InChI is InChI=1S/C7H12N2O5.C4H5N/c1-3-13-6(11)8-5(10)9-7(12)14-4-2;1-2-4-5-3-1/h3-4H2,1-2H3,(H2,8,9,10,11,12);1-5H. The van der Waals surface area contributed by atoms with Crippen LogP contribution < -0.4 is 10.6 Å². The number of carbonyl (C=O) groups is 3. The van der Waals surface area contributed by atoms with E-state index in [0.717, 1.165) is 0 Å². The van der Waals surface area contributed by atoms with Crippen LogP contribution in [0.5, 0.6) is 0 Å². The van der Waals surface area contributed by atoms with Gasteiger partial charge in [0.05, 0.1) is 13.2 Å². The van der Waals surface area contributed by atoms with Crippen molar-refractivity contribution < 1.29 is 23.9 Å². The Balaban J connectivity index is 0.000000532. The van der Waals surface area contributed by atoms with E-state index >= 15 is 0 Å². The molecule has 0 aliphatic rings. The van der Waals surface area contributed by atoms with Crippen LogP contribution in [0.2, 0.25) is 0 Å². The molecule has 0 saturated heterocycles. The Morgan fingerprint density at radius 3 is 1.63 bits per heavy atom. The molecule has 0 aliphatic carbocycles. The molecule has 0 saturated carbocycles. The Morgan fingerprint density at radius 2 is 1.37 bits per heavy atom. The number of H-pyrrole nitrogens is 1. The highest BCUT2D eigenvalue weighted by Gasteiger charge is 2.11. The van der Waals surface area contributed by atoms with E-state index in [2.05, 4.69) is 14.5 Å². The molecule has 1 aromatic heterocycles. The monoisotopic (exact) mass is 271 g/mol. The van der Waals surface area contributed by atoms with Gasteiger partial charge in [-0.1, -0.05) is 0 Å². The quantitative estimate of drug-likeness (QED) is 0.757. The minimum absolute atomic E-state index is 0.137. The number of rotatable bonds is 2. The first-order chi connectivity index (χ1) is 9.10. The molecule has 0 unspecified atom stereocenters. The minimum atomic E-state index is -0.984. The summed E-state index contributed by atoms with van der Waals surface area (Å²) in [5.74, 6) is 0. The van der Waals surface area contributed by atoms with Gasteiger partial charge >= 0.3 is 18.2 Å². The first-order valence-corrected chi connectivity index (χ1v) is 5.59. The lowest BCUT2D eigenvalue weighted by Crippen LogP contribution is -2.42. The largest absolute Gasteiger partial charge is 0.450 e. The number of ether oxygens (including phenoxy) is 2. The van der Waals surface area contributed by atoms with Crippen LogP contribution in [-0.2, 0) is 9.47 Å². The van der Waals surface area contributed by atoms with Gasteiger partial charge < -0.3 is 14.5 Å². The normalized spacial score (nSPS) is 8.53. The molecule has 1 rings (SSSR count). The van der Waals surface area contributed by atoms with Crippen molar-refractivity contribution in [1.82, 2.24) is 15.6 Å². The van der Waals surface area contributed by atoms with Crippen molar-refractivity contribution in [2.75, 3.05) is 13.2 Å². The second-order valence-electron chi connectivity index (χ2n) is 2.90. The predicted octanol–water partition coefficient (Wildman–Crippen LogP) is 1.61. The third-order valence-corrected chi connectivity index (χ3v) is 1.48. The Morgan fingerprint density at radius 1 is 0.947 bits per heavy atom. The summed E-state index contributed by atoms with van der Waals surface area (Å²) >= 11 is 0. The van der Waals surface area contributed by atoms with Crippen LogP contribution >= 0.6 is 0 Å². The Kier molecular flexibility index (Phi) is 9.23. The van der Waals surface area contributed by atoms with Crippen LogP contribution in [0.3, 0.4) is 0 Å². The average molecular weight is 271 g/mol. The average Bonchev–Trinajstić information content (AvgIpc) is 2.87. The summed E-state index contributed by atoms with van der Waals surface area (Å²) in [6.45, 7) is 3.45. The highest BCUT2D eigenvalue weighted by molar-refractivity contribution is 5.98. The van der Waals surface area contributed by atoms with E-state index in [4.69, 9.17) is 0 Å². The van der Waals surface area contributed by atoms with Crippen molar-refractivity contribution in [3.63, 3.8) is 0 Å². The van der Waals surface area contributed by atoms with Gasteiger partial charge in [0.25, 0.3) is 0 Å². The van der Waals surface area contributed by atoms with Gasteiger partial charge in [-0.3, -0.25) is 0 Å². The molecule has 0 fully saturated rings. The van der Waals surface area contributed by atoms with Crippen LogP contribution in [0.15, 0.2) is 24.5 Å². The number of nitrogens with one attached hydrogen (secondary N) is 3. The van der Waals surface area contributed by atoms with E-state index in [1.54, 1.807) is 24.5 Å². The topological polar surface area (TPSA) is 110 Å². The van der Waals surface area contributed by atoms with Crippen molar-refractivity contribution in [2.45, 2.75) is 13.8 Å². The van der Waals surface area contributed by atoms with E-state index < -0.39 is 18.2 Å². The zero-order valence-corrected chi connectivity index (χ0v) is 10.8. The fourth-order valence-corrected chi connectivity index (χ4v) is 0.829. The zero-order valence-electron chi connectivity index (χ0n) is 10.8. The molecular formula is C11H17N3O5. The van der Waals surface area contributed by atoms with Crippen molar-refractivity contribution >= 4 is 18.2 Å². The van der Waals surface area contributed by atoms with Crippen LogP contribution in [0.1, 0.15) is 13.8 Å². The fraction of sp³-hybridized carbons (Fsp3) is 0.364. The molecule has 0 aromatic carbocycles. The highest BCUT2D eigenvalue weighted by atomic mass is 16.6. The molecule has 1 heterocycles. The molecule has 4 amide bonds. The molecule has 0 spiro atoms. The predicted molar refractivity (Wildman–Crippen MR) is 66.5 cm³/mol. The summed E-state index contributed by atoms with van der Waals surface area (Å²) in [4.78, 5) is 34.9. The Labute approximate surface area is 110 Å². The number of aromatic nitrogens is 1. The number of hydrogen-bond donors (Lipinski definition) is 3. The van der Waals surface area contributed by atoms with E-state index in [1.807, 2.05) is 24.5 Å². The van der Waals surface area contributed by atoms with Gasteiger partial charge in [0.15, 0.2) is 0 Å². The number of aromatic amines is 1. The summed E-state index contributed by atoms with van der Waals surface area (Å²) in [7, 11) is 0. The Bertz CT molecular complexity index is 338. The van der Waals surface area contributed by atoms with Gasteiger partial charge in [-0.25, -0.2) is 25.0 Å². The van der Waals surface area contributed by atoms with E-state index in [9.17, 15) is 14.4 Å². The molecule has 8 nitrogen and oxygen atoms in total. The lowest BCUT2D eigenvalue weighted by Gasteiger charge is -2.04. The van der Waals surface area contributed by atoms with Gasteiger partial charge in [-0.15, -0.1) is 0 Å². The van der Waals surface area contributed by atoms with Gasteiger partial charge in [0.1, 0.15) is 0 Å². The maximum atomic E-state index is 10.8. The third-order valence-electron chi connectivity index (χ3n) is 1.48. The summed E-state index contributed by atoms with van der Waals surface area (Å²) in [5.41, 5.74) is 0. The van der Waals surface area contributed by atoms with Crippen LogP contribution in [0, 0.1) is 0 Å². The first kappa shape index (κ1) is 16.5. The molecule has 0 radical (unpaired) electrons. The second kappa shape index (κ2) is 10.6. The molecule has 0 atom stereocenters. The first-order valence-electron chi connectivity index (χ1n) is 5.59. The number of carbonyl (C=O) groups excluding carboxylic acids is 3. The second-order valence-corrected chi connectivity index (χ2v) is 2.90. The highest BCUT2D eigenvalue weighted by Crippen LogP contribution is 1.79. The molecule has 1 aromatic rings.